The third-order valence-electron chi connectivity index (χ3n) is 2.51. The highest BCUT2D eigenvalue weighted by Gasteiger charge is 2.30. The summed E-state index contributed by atoms with van der Waals surface area (Å²) in [5.74, 6) is 0.255. The Morgan fingerprint density at radius 1 is 1.25 bits per heavy atom. The molecular weight excluding hydrogens is 150 g/mol. The SMILES string of the molecule is CNC(C)(C)CC(C)(C)C(C)=O. The van der Waals surface area contributed by atoms with E-state index in [2.05, 4.69) is 19.2 Å². The Balaban J connectivity index is 4.34. The first-order valence-electron chi connectivity index (χ1n) is 4.41. The molecule has 0 rings (SSSR count). The maximum absolute atomic E-state index is 11.2. The molecule has 0 aliphatic heterocycles. The normalized spacial score (nSPS) is 13.2. The summed E-state index contributed by atoms with van der Waals surface area (Å²) >= 11 is 0. The molecule has 0 atom stereocenters. The van der Waals surface area contributed by atoms with E-state index < -0.39 is 0 Å². The number of ketones is 1. The van der Waals surface area contributed by atoms with Gasteiger partial charge in [0, 0.05) is 11.0 Å². The average Bonchev–Trinajstić information content (AvgIpc) is 1.85. The quantitative estimate of drug-likeness (QED) is 0.701. The van der Waals surface area contributed by atoms with E-state index >= 15 is 0 Å². The van der Waals surface area contributed by atoms with E-state index in [4.69, 9.17) is 0 Å². The van der Waals surface area contributed by atoms with Crippen LogP contribution in [0.15, 0.2) is 0 Å². The van der Waals surface area contributed by atoms with Crippen LogP contribution in [0.5, 0.6) is 0 Å². The summed E-state index contributed by atoms with van der Waals surface area (Å²) in [7, 11) is 1.93. The molecule has 1 N–H and O–H groups in total. The summed E-state index contributed by atoms with van der Waals surface area (Å²) in [4.78, 5) is 11.2. The zero-order chi connectivity index (χ0) is 9.99. The molecule has 72 valence electrons. The van der Waals surface area contributed by atoms with Crippen LogP contribution < -0.4 is 5.32 Å². The number of hydrogen-bond donors (Lipinski definition) is 1. The van der Waals surface area contributed by atoms with E-state index in [1.807, 2.05) is 20.9 Å². The topological polar surface area (TPSA) is 29.1 Å². The van der Waals surface area contributed by atoms with E-state index in [-0.39, 0.29) is 16.7 Å². The maximum Gasteiger partial charge on any atom is 0.135 e. The van der Waals surface area contributed by atoms with Crippen LogP contribution in [0.25, 0.3) is 0 Å². The Bertz CT molecular complexity index is 171. The number of nitrogens with one attached hydrogen (secondary N) is 1. The minimum Gasteiger partial charge on any atom is -0.315 e. The molecule has 0 unspecified atom stereocenters. The lowest BCUT2D eigenvalue weighted by Gasteiger charge is -2.33. The molecule has 0 aliphatic rings. The summed E-state index contributed by atoms with van der Waals surface area (Å²) in [5.41, 5.74) is -0.179. The molecule has 2 heteroatoms. The highest BCUT2D eigenvalue weighted by atomic mass is 16.1. The zero-order valence-electron chi connectivity index (χ0n) is 9.12. The number of hydrogen-bond acceptors (Lipinski definition) is 2. The Kier molecular flexibility index (Phi) is 3.45. The van der Waals surface area contributed by atoms with Crippen molar-refractivity contribution in [1.29, 1.82) is 0 Å². The van der Waals surface area contributed by atoms with Crippen LogP contribution in [0.4, 0.5) is 0 Å². The summed E-state index contributed by atoms with van der Waals surface area (Å²) < 4.78 is 0. The van der Waals surface area contributed by atoms with Gasteiger partial charge in [0.2, 0.25) is 0 Å². The number of Topliss-reactive ketones (excluding diaryl/α,β-unsaturated/α-hetero) is 1. The molecule has 12 heavy (non-hydrogen) atoms. The molecule has 0 aromatic heterocycles. The van der Waals surface area contributed by atoms with Gasteiger partial charge in [0.15, 0.2) is 0 Å². The lowest BCUT2D eigenvalue weighted by atomic mass is 9.77. The lowest BCUT2D eigenvalue weighted by Crippen LogP contribution is -2.42. The van der Waals surface area contributed by atoms with Gasteiger partial charge < -0.3 is 5.32 Å². The van der Waals surface area contributed by atoms with Crippen molar-refractivity contribution >= 4 is 5.78 Å². The van der Waals surface area contributed by atoms with Gasteiger partial charge in [-0.25, -0.2) is 0 Å². The fourth-order valence-corrected chi connectivity index (χ4v) is 1.32. The van der Waals surface area contributed by atoms with Crippen molar-refractivity contribution in [1.82, 2.24) is 5.32 Å². The third kappa shape index (κ3) is 3.35. The molecule has 0 saturated carbocycles. The monoisotopic (exact) mass is 171 g/mol. The summed E-state index contributed by atoms with van der Waals surface area (Å²) in [6.45, 7) is 9.87. The van der Waals surface area contributed by atoms with Gasteiger partial charge in [-0.15, -0.1) is 0 Å². The minimum absolute atomic E-state index is 0.0369. The lowest BCUT2D eigenvalue weighted by molar-refractivity contribution is -0.125. The van der Waals surface area contributed by atoms with E-state index in [1.165, 1.54) is 0 Å². The molecule has 0 saturated heterocycles. The fourth-order valence-electron chi connectivity index (χ4n) is 1.32. The number of carbonyl (C=O) groups excluding carboxylic acids is 1. The molecule has 0 fully saturated rings. The Morgan fingerprint density at radius 2 is 1.67 bits per heavy atom. The van der Waals surface area contributed by atoms with Crippen LogP contribution >= 0.6 is 0 Å². The summed E-state index contributed by atoms with van der Waals surface area (Å²) in [6.07, 6.45) is 0.867. The first-order valence-corrected chi connectivity index (χ1v) is 4.41. The van der Waals surface area contributed by atoms with Crippen molar-refractivity contribution in [3.63, 3.8) is 0 Å². The minimum atomic E-state index is -0.216. The molecule has 2 nitrogen and oxygen atoms in total. The molecule has 0 amide bonds. The van der Waals surface area contributed by atoms with Crippen LogP contribution in [0.1, 0.15) is 41.0 Å². The van der Waals surface area contributed by atoms with Gasteiger partial charge in [-0.2, -0.15) is 0 Å². The highest BCUT2D eigenvalue weighted by Crippen LogP contribution is 2.28. The van der Waals surface area contributed by atoms with Crippen molar-refractivity contribution in [3.05, 3.63) is 0 Å². The molecule has 0 bridgehead atoms. The third-order valence-corrected chi connectivity index (χ3v) is 2.51. The van der Waals surface area contributed by atoms with Gasteiger partial charge in [-0.3, -0.25) is 4.79 Å². The molecule has 0 aliphatic carbocycles. The van der Waals surface area contributed by atoms with Gasteiger partial charge in [-0.05, 0) is 34.2 Å². The fraction of sp³-hybridized carbons (Fsp3) is 0.900. The summed E-state index contributed by atoms with van der Waals surface area (Å²) in [6, 6.07) is 0. The molecule has 0 heterocycles. The Hall–Kier alpha value is -0.370. The van der Waals surface area contributed by atoms with Crippen molar-refractivity contribution in [2.24, 2.45) is 5.41 Å². The van der Waals surface area contributed by atoms with Crippen molar-refractivity contribution in [3.8, 4) is 0 Å². The molecule has 0 aromatic rings. The predicted octanol–water partition coefficient (Wildman–Crippen LogP) is 1.99. The Labute approximate surface area is 75.7 Å². The van der Waals surface area contributed by atoms with E-state index in [1.54, 1.807) is 6.92 Å². The van der Waals surface area contributed by atoms with Gasteiger partial charge >= 0.3 is 0 Å². The average molecular weight is 171 g/mol. The zero-order valence-corrected chi connectivity index (χ0v) is 9.12. The van der Waals surface area contributed by atoms with Gasteiger partial charge in [0.05, 0.1) is 0 Å². The van der Waals surface area contributed by atoms with E-state index in [9.17, 15) is 4.79 Å². The van der Waals surface area contributed by atoms with Crippen LogP contribution in [0.2, 0.25) is 0 Å². The van der Waals surface area contributed by atoms with Crippen molar-refractivity contribution in [2.75, 3.05) is 7.05 Å². The van der Waals surface area contributed by atoms with Crippen LogP contribution in [0, 0.1) is 5.41 Å². The first kappa shape index (κ1) is 11.6. The van der Waals surface area contributed by atoms with Crippen LogP contribution in [-0.2, 0) is 4.79 Å². The molecular formula is C10H21NO. The number of rotatable bonds is 4. The van der Waals surface area contributed by atoms with Gasteiger partial charge in [0.25, 0.3) is 0 Å². The van der Waals surface area contributed by atoms with Crippen LogP contribution in [-0.4, -0.2) is 18.4 Å². The predicted molar refractivity (Wildman–Crippen MR) is 52.2 cm³/mol. The maximum atomic E-state index is 11.2. The van der Waals surface area contributed by atoms with E-state index in [0.717, 1.165) is 6.42 Å². The van der Waals surface area contributed by atoms with Gasteiger partial charge in [-0.1, -0.05) is 13.8 Å². The van der Waals surface area contributed by atoms with Crippen molar-refractivity contribution < 1.29 is 4.79 Å². The highest BCUT2D eigenvalue weighted by molar-refractivity contribution is 5.81. The smallest absolute Gasteiger partial charge is 0.135 e. The molecule has 0 spiro atoms. The second kappa shape index (κ2) is 3.56. The van der Waals surface area contributed by atoms with Gasteiger partial charge in [0.1, 0.15) is 5.78 Å². The van der Waals surface area contributed by atoms with Crippen LogP contribution in [0.3, 0.4) is 0 Å². The first-order chi connectivity index (χ1) is 5.21. The Morgan fingerprint density at radius 3 is 1.92 bits per heavy atom. The molecule has 0 radical (unpaired) electrons. The standard InChI is InChI=1S/C10H21NO/c1-8(12)9(2,3)7-10(4,5)11-6/h11H,7H2,1-6H3. The summed E-state index contributed by atoms with van der Waals surface area (Å²) in [5, 5.41) is 3.20. The second-order valence-corrected chi connectivity index (χ2v) is 4.75. The molecule has 0 aromatic carbocycles. The number of carbonyl (C=O) groups is 1. The van der Waals surface area contributed by atoms with E-state index in [0.29, 0.717) is 0 Å². The van der Waals surface area contributed by atoms with Crippen molar-refractivity contribution in [2.45, 2.75) is 46.6 Å². The second-order valence-electron chi connectivity index (χ2n) is 4.75. The largest absolute Gasteiger partial charge is 0.315 e.